The van der Waals surface area contributed by atoms with Crippen molar-refractivity contribution in [2.24, 2.45) is 0 Å². The highest BCUT2D eigenvalue weighted by molar-refractivity contribution is 4.69. The highest BCUT2D eigenvalue weighted by Crippen LogP contribution is 1.92. The van der Waals surface area contributed by atoms with Gasteiger partial charge in [0.1, 0.15) is 6.10 Å². The number of rotatable bonds is 6. The zero-order chi connectivity index (χ0) is 7.82. The molecule has 59 valence electrons. The van der Waals surface area contributed by atoms with Crippen LogP contribution < -0.4 is 0 Å². The van der Waals surface area contributed by atoms with E-state index in [-0.39, 0.29) is 6.10 Å². The summed E-state index contributed by atoms with van der Waals surface area (Å²) in [7, 11) is 0. The first-order valence-electron chi connectivity index (χ1n) is 3.57. The van der Waals surface area contributed by atoms with Crippen molar-refractivity contribution in [3.8, 4) is 0 Å². The zero-order valence-corrected chi connectivity index (χ0v) is 6.72. The van der Waals surface area contributed by atoms with Gasteiger partial charge < -0.3 is 9.47 Å². The van der Waals surface area contributed by atoms with Gasteiger partial charge in [-0.15, -0.1) is 0 Å². The molecule has 0 amide bonds. The van der Waals surface area contributed by atoms with Crippen molar-refractivity contribution in [2.45, 2.75) is 20.0 Å². The lowest BCUT2D eigenvalue weighted by atomic mass is 10.4. The second kappa shape index (κ2) is 6.78. The van der Waals surface area contributed by atoms with Crippen molar-refractivity contribution in [2.75, 3.05) is 19.8 Å². The van der Waals surface area contributed by atoms with E-state index in [0.29, 0.717) is 19.8 Å². The summed E-state index contributed by atoms with van der Waals surface area (Å²) in [5, 5.41) is 0. The van der Waals surface area contributed by atoms with Gasteiger partial charge in [0.15, 0.2) is 0 Å². The Balaban J connectivity index is 3.29. The van der Waals surface area contributed by atoms with Crippen LogP contribution in [0.4, 0.5) is 0 Å². The highest BCUT2D eigenvalue weighted by Gasteiger charge is 2.01. The van der Waals surface area contributed by atoms with Gasteiger partial charge in [0.05, 0.1) is 6.61 Å². The fourth-order valence-electron chi connectivity index (χ4n) is 0.592. The van der Waals surface area contributed by atoms with Crippen LogP contribution in [0.1, 0.15) is 13.8 Å². The average Bonchev–Trinajstić information content (AvgIpc) is 1.98. The smallest absolute Gasteiger partial charge is 0.106 e. The minimum absolute atomic E-state index is 0.0649. The molecule has 0 saturated carbocycles. The molecule has 1 atom stereocenters. The molecule has 2 nitrogen and oxygen atoms in total. The van der Waals surface area contributed by atoms with Crippen molar-refractivity contribution in [3.05, 3.63) is 12.7 Å². The van der Waals surface area contributed by atoms with E-state index < -0.39 is 0 Å². The minimum atomic E-state index is -0.0649. The molecule has 0 aromatic heterocycles. The summed E-state index contributed by atoms with van der Waals surface area (Å²) in [4.78, 5) is 0. The summed E-state index contributed by atoms with van der Waals surface area (Å²) in [6.07, 6.45) is 2.68. The van der Waals surface area contributed by atoms with Gasteiger partial charge in [-0.05, 0) is 19.9 Å². The molecule has 10 heavy (non-hydrogen) atoms. The summed E-state index contributed by atoms with van der Waals surface area (Å²) < 4.78 is 10.3. The Bertz CT molecular complexity index is 81.3. The molecule has 0 rings (SSSR count). The van der Waals surface area contributed by atoms with Crippen molar-refractivity contribution < 1.29 is 9.47 Å². The van der Waals surface area contributed by atoms with Gasteiger partial charge in [-0.3, -0.25) is 0 Å². The molecule has 0 heterocycles. The lowest BCUT2D eigenvalue weighted by molar-refractivity contribution is 0.0138. The van der Waals surface area contributed by atoms with Crippen molar-refractivity contribution >= 4 is 0 Å². The molecule has 0 N–H and O–H groups in total. The number of ether oxygens (including phenoxy) is 2. The Morgan fingerprint density at radius 3 is 2.50 bits per heavy atom. The quantitative estimate of drug-likeness (QED) is 0.559. The number of hydrogen-bond acceptors (Lipinski definition) is 2. The third-order valence-electron chi connectivity index (χ3n) is 1.07. The normalized spacial score (nSPS) is 13.0. The van der Waals surface area contributed by atoms with Gasteiger partial charge >= 0.3 is 0 Å². The number of hydrogen-bond donors (Lipinski definition) is 0. The van der Waals surface area contributed by atoms with Crippen molar-refractivity contribution in [1.82, 2.24) is 0 Å². The third-order valence-corrected chi connectivity index (χ3v) is 1.07. The Morgan fingerprint density at radius 1 is 1.40 bits per heavy atom. The zero-order valence-electron chi connectivity index (χ0n) is 6.72. The maximum atomic E-state index is 5.19. The third kappa shape index (κ3) is 4.53. The van der Waals surface area contributed by atoms with E-state index in [1.54, 1.807) is 0 Å². The predicted molar refractivity (Wildman–Crippen MR) is 40.8 cm³/mol. The fourth-order valence-corrected chi connectivity index (χ4v) is 0.592. The van der Waals surface area contributed by atoms with Crippen LogP contribution in [0.2, 0.25) is 0 Å². The molecule has 0 saturated heterocycles. The molecule has 2 heteroatoms. The Hall–Kier alpha value is -0.340. The molecule has 0 spiro atoms. The van der Waals surface area contributed by atoms with E-state index in [1.165, 1.54) is 0 Å². The predicted octanol–water partition coefficient (Wildman–Crippen LogP) is 1.42. The van der Waals surface area contributed by atoms with Gasteiger partial charge in [-0.25, -0.2) is 0 Å². The summed E-state index contributed by atoms with van der Waals surface area (Å²) >= 11 is 0. The average molecular weight is 143 g/mol. The molecule has 0 aliphatic carbocycles. The fraction of sp³-hybridized carbons (Fsp3) is 0.750. The van der Waals surface area contributed by atoms with E-state index in [2.05, 4.69) is 12.7 Å². The van der Waals surface area contributed by atoms with Gasteiger partial charge in [-0.2, -0.15) is 0 Å². The molecule has 0 fully saturated rings. The summed E-state index contributed by atoms with van der Waals surface area (Å²) in [6.45, 7) is 9.35. The van der Waals surface area contributed by atoms with E-state index in [0.717, 1.165) is 0 Å². The van der Waals surface area contributed by atoms with Gasteiger partial charge in [-0.1, -0.05) is 6.58 Å². The van der Waals surface area contributed by atoms with Gasteiger partial charge in [0, 0.05) is 13.2 Å². The summed E-state index contributed by atoms with van der Waals surface area (Å²) in [6, 6.07) is 0. The maximum absolute atomic E-state index is 5.19. The Kier molecular flexibility index (Phi) is 6.55. The van der Waals surface area contributed by atoms with Crippen molar-refractivity contribution in [1.29, 1.82) is 0 Å². The van der Waals surface area contributed by atoms with E-state index in [1.807, 2.05) is 13.8 Å². The first-order chi connectivity index (χ1) is 4.85. The van der Waals surface area contributed by atoms with E-state index >= 15 is 0 Å². The van der Waals surface area contributed by atoms with Gasteiger partial charge in [0.25, 0.3) is 0 Å². The first kappa shape index (κ1) is 9.66. The van der Waals surface area contributed by atoms with Crippen LogP contribution >= 0.6 is 0 Å². The highest BCUT2D eigenvalue weighted by atomic mass is 16.5. The van der Waals surface area contributed by atoms with Crippen LogP contribution in [-0.2, 0) is 9.47 Å². The lowest BCUT2D eigenvalue weighted by Gasteiger charge is -2.10. The van der Waals surface area contributed by atoms with E-state index in [9.17, 15) is 0 Å². The molecule has 1 radical (unpaired) electrons. The molecule has 0 aromatic carbocycles. The Labute approximate surface area is 62.8 Å². The van der Waals surface area contributed by atoms with Gasteiger partial charge in [0.2, 0.25) is 0 Å². The van der Waals surface area contributed by atoms with Crippen molar-refractivity contribution in [3.63, 3.8) is 0 Å². The Morgan fingerprint density at radius 2 is 2.10 bits per heavy atom. The van der Waals surface area contributed by atoms with Crippen LogP contribution in [-0.4, -0.2) is 25.9 Å². The van der Waals surface area contributed by atoms with Crippen LogP contribution in [0.25, 0.3) is 0 Å². The summed E-state index contributed by atoms with van der Waals surface area (Å²) in [5.41, 5.74) is 0. The molecule has 0 aliphatic heterocycles. The second-order valence-electron chi connectivity index (χ2n) is 1.81. The first-order valence-corrected chi connectivity index (χ1v) is 3.57. The molecular formula is C8H15O2. The standard InChI is InChI=1S/C8H15O2/c1-4-8(10-6-3)7-9-5-2/h8H,1,5-7H2,2-3H3. The molecule has 1 unspecified atom stereocenters. The lowest BCUT2D eigenvalue weighted by Crippen LogP contribution is -2.17. The second-order valence-corrected chi connectivity index (χ2v) is 1.81. The largest absolute Gasteiger partial charge is 0.379 e. The SMILES string of the molecule is C=[C]C(COCC)OCC. The maximum Gasteiger partial charge on any atom is 0.106 e. The minimum Gasteiger partial charge on any atom is -0.379 e. The van der Waals surface area contributed by atoms with Crippen LogP contribution in [0, 0.1) is 6.08 Å². The van der Waals surface area contributed by atoms with Crippen LogP contribution in [0.15, 0.2) is 6.58 Å². The summed E-state index contributed by atoms with van der Waals surface area (Å²) in [5.74, 6) is 0. The monoisotopic (exact) mass is 143 g/mol. The van der Waals surface area contributed by atoms with Crippen LogP contribution in [0.3, 0.4) is 0 Å². The van der Waals surface area contributed by atoms with Crippen LogP contribution in [0.5, 0.6) is 0 Å². The van der Waals surface area contributed by atoms with E-state index in [4.69, 9.17) is 9.47 Å². The molecule has 0 bridgehead atoms. The molecule has 0 aromatic rings. The molecular weight excluding hydrogens is 128 g/mol. The topological polar surface area (TPSA) is 18.5 Å². The molecule has 0 aliphatic rings.